The van der Waals surface area contributed by atoms with Gasteiger partial charge in [-0.2, -0.15) is 13.2 Å². The van der Waals surface area contributed by atoms with Crippen LogP contribution >= 0.6 is 0 Å². The molecule has 3 N–H and O–H groups in total. The Kier molecular flexibility index (Phi) is 3.18. The van der Waals surface area contributed by atoms with E-state index in [0.29, 0.717) is 6.54 Å². The van der Waals surface area contributed by atoms with E-state index in [1.807, 2.05) is 0 Å². The molecule has 1 rings (SSSR count). The SMILES string of the molecule is NC1(CNCCC(F)(F)F)CCC1. The second-order valence-electron chi connectivity index (χ2n) is 3.76. The lowest BCUT2D eigenvalue weighted by molar-refractivity contribution is -0.133. The van der Waals surface area contributed by atoms with Gasteiger partial charge < -0.3 is 11.1 Å². The van der Waals surface area contributed by atoms with Crippen LogP contribution in [0.3, 0.4) is 0 Å². The molecule has 0 aromatic heterocycles. The Balaban J connectivity index is 2.01. The third kappa shape index (κ3) is 3.95. The van der Waals surface area contributed by atoms with Crippen LogP contribution in [0.2, 0.25) is 0 Å². The van der Waals surface area contributed by atoms with Gasteiger partial charge in [0.25, 0.3) is 0 Å². The summed E-state index contributed by atoms with van der Waals surface area (Å²) in [6.45, 7) is 0.478. The predicted molar refractivity (Wildman–Crippen MR) is 44.3 cm³/mol. The summed E-state index contributed by atoms with van der Waals surface area (Å²) in [6, 6.07) is 0. The maximum Gasteiger partial charge on any atom is 0.390 e. The van der Waals surface area contributed by atoms with Gasteiger partial charge in [-0.25, -0.2) is 0 Å². The first-order chi connectivity index (χ1) is 5.91. The summed E-state index contributed by atoms with van der Waals surface area (Å²) in [4.78, 5) is 0. The Bertz CT molecular complexity index is 163. The lowest BCUT2D eigenvalue weighted by Crippen LogP contribution is -2.54. The molecule has 0 spiro atoms. The average molecular weight is 196 g/mol. The zero-order valence-corrected chi connectivity index (χ0v) is 7.45. The van der Waals surface area contributed by atoms with E-state index in [1.165, 1.54) is 0 Å². The van der Waals surface area contributed by atoms with E-state index in [9.17, 15) is 13.2 Å². The monoisotopic (exact) mass is 196 g/mol. The summed E-state index contributed by atoms with van der Waals surface area (Å²) in [5.74, 6) is 0. The van der Waals surface area contributed by atoms with Gasteiger partial charge in [-0.1, -0.05) is 0 Å². The van der Waals surface area contributed by atoms with Gasteiger partial charge in [0.1, 0.15) is 0 Å². The molecule has 0 heterocycles. The highest BCUT2D eigenvalue weighted by Gasteiger charge is 2.32. The fourth-order valence-electron chi connectivity index (χ4n) is 1.38. The van der Waals surface area contributed by atoms with Crippen molar-refractivity contribution >= 4 is 0 Å². The summed E-state index contributed by atoms with van der Waals surface area (Å²) >= 11 is 0. The highest BCUT2D eigenvalue weighted by Crippen LogP contribution is 2.28. The fraction of sp³-hybridized carbons (Fsp3) is 1.00. The molecule has 1 fully saturated rings. The van der Waals surface area contributed by atoms with E-state index in [2.05, 4.69) is 5.32 Å². The Morgan fingerprint density at radius 3 is 2.31 bits per heavy atom. The number of nitrogens with one attached hydrogen (secondary N) is 1. The lowest BCUT2D eigenvalue weighted by Gasteiger charge is -2.38. The Morgan fingerprint density at radius 1 is 1.31 bits per heavy atom. The van der Waals surface area contributed by atoms with Crippen molar-refractivity contribution in [3.63, 3.8) is 0 Å². The molecule has 1 aliphatic rings. The van der Waals surface area contributed by atoms with E-state index in [-0.39, 0.29) is 12.1 Å². The van der Waals surface area contributed by atoms with Crippen molar-refractivity contribution in [2.24, 2.45) is 5.73 Å². The number of alkyl halides is 3. The van der Waals surface area contributed by atoms with E-state index >= 15 is 0 Å². The van der Waals surface area contributed by atoms with E-state index in [4.69, 9.17) is 5.73 Å². The summed E-state index contributed by atoms with van der Waals surface area (Å²) in [5, 5.41) is 2.74. The van der Waals surface area contributed by atoms with Crippen LogP contribution in [0.15, 0.2) is 0 Å². The van der Waals surface area contributed by atoms with Crippen LogP contribution in [0.5, 0.6) is 0 Å². The van der Waals surface area contributed by atoms with Gasteiger partial charge in [0.05, 0.1) is 6.42 Å². The van der Waals surface area contributed by atoms with Crippen molar-refractivity contribution in [3.8, 4) is 0 Å². The lowest BCUT2D eigenvalue weighted by atomic mass is 9.78. The summed E-state index contributed by atoms with van der Waals surface area (Å²) < 4.78 is 35.1. The van der Waals surface area contributed by atoms with Crippen molar-refractivity contribution in [3.05, 3.63) is 0 Å². The van der Waals surface area contributed by atoms with Gasteiger partial charge in [0.2, 0.25) is 0 Å². The van der Waals surface area contributed by atoms with Gasteiger partial charge in [-0.15, -0.1) is 0 Å². The molecule has 0 bridgehead atoms. The minimum atomic E-state index is -4.06. The minimum Gasteiger partial charge on any atom is -0.324 e. The van der Waals surface area contributed by atoms with Gasteiger partial charge in [-0.3, -0.25) is 0 Å². The Morgan fingerprint density at radius 2 is 1.92 bits per heavy atom. The third-order valence-corrected chi connectivity index (χ3v) is 2.41. The molecule has 13 heavy (non-hydrogen) atoms. The number of rotatable bonds is 4. The molecule has 0 aliphatic heterocycles. The normalized spacial score (nSPS) is 21.2. The van der Waals surface area contributed by atoms with Gasteiger partial charge in [0.15, 0.2) is 0 Å². The molecule has 0 aromatic carbocycles. The molecule has 1 aliphatic carbocycles. The fourth-order valence-corrected chi connectivity index (χ4v) is 1.38. The smallest absolute Gasteiger partial charge is 0.324 e. The van der Waals surface area contributed by atoms with Crippen molar-refractivity contribution in [2.75, 3.05) is 13.1 Å². The van der Waals surface area contributed by atoms with Gasteiger partial charge in [0, 0.05) is 18.6 Å². The first kappa shape index (κ1) is 10.8. The zero-order valence-electron chi connectivity index (χ0n) is 7.45. The Hall–Kier alpha value is -0.290. The van der Waals surface area contributed by atoms with Gasteiger partial charge >= 0.3 is 6.18 Å². The second-order valence-corrected chi connectivity index (χ2v) is 3.76. The molecular weight excluding hydrogens is 181 g/mol. The summed E-state index contributed by atoms with van der Waals surface area (Å²) in [5.41, 5.74) is 5.58. The molecular formula is C8H15F3N2. The maximum atomic E-state index is 11.7. The first-order valence-electron chi connectivity index (χ1n) is 4.48. The van der Waals surface area contributed by atoms with Gasteiger partial charge in [-0.05, 0) is 19.3 Å². The molecule has 0 unspecified atom stereocenters. The van der Waals surface area contributed by atoms with E-state index in [0.717, 1.165) is 19.3 Å². The van der Waals surface area contributed by atoms with Crippen molar-refractivity contribution in [2.45, 2.75) is 37.4 Å². The first-order valence-corrected chi connectivity index (χ1v) is 4.48. The molecule has 0 amide bonds. The molecule has 0 aromatic rings. The van der Waals surface area contributed by atoms with Crippen LogP contribution in [-0.2, 0) is 0 Å². The maximum absolute atomic E-state index is 11.7. The number of hydrogen-bond acceptors (Lipinski definition) is 2. The molecule has 0 radical (unpaired) electrons. The molecule has 0 saturated heterocycles. The molecule has 2 nitrogen and oxygen atoms in total. The third-order valence-electron chi connectivity index (χ3n) is 2.41. The van der Waals surface area contributed by atoms with Crippen LogP contribution in [-0.4, -0.2) is 24.8 Å². The van der Waals surface area contributed by atoms with Crippen molar-refractivity contribution in [1.29, 1.82) is 0 Å². The second kappa shape index (κ2) is 3.84. The van der Waals surface area contributed by atoms with Crippen LogP contribution in [0.4, 0.5) is 13.2 Å². The molecule has 78 valence electrons. The highest BCUT2D eigenvalue weighted by molar-refractivity contribution is 4.94. The standard InChI is InChI=1S/C8H15F3N2/c9-8(10,11)4-5-13-6-7(12)2-1-3-7/h13H,1-6,12H2. The largest absolute Gasteiger partial charge is 0.390 e. The number of hydrogen-bond donors (Lipinski definition) is 2. The molecule has 0 atom stereocenters. The summed E-state index contributed by atoms with van der Waals surface area (Å²) in [7, 11) is 0. The average Bonchev–Trinajstić information content (AvgIpc) is 1.93. The topological polar surface area (TPSA) is 38.0 Å². The van der Waals surface area contributed by atoms with Crippen molar-refractivity contribution < 1.29 is 13.2 Å². The predicted octanol–water partition coefficient (Wildman–Crippen LogP) is 1.41. The highest BCUT2D eigenvalue weighted by atomic mass is 19.4. The van der Waals surface area contributed by atoms with Crippen LogP contribution in [0.1, 0.15) is 25.7 Å². The zero-order chi connectivity index (χ0) is 9.95. The number of nitrogens with two attached hydrogens (primary N) is 1. The van der Waals surface area contributed by atoms with Crippen molar-refractivity contribution in [1.82, 2.24) is 5.32 Å². The van der Waals surface area contributed by atoms with Crippen LogP contribution in [0, 0.1) is 0 Å². The molecule has 5 heteroatoms. The van der Waals surface area contributed by atoms with E-state index < -0.39 is 12.6 Å². The quantitative estimate of drug-likeness (QED) is 0.667. The number of halogens is 3. The summed E-state index contributed by atoms with van der Waals surface area (Å²) in [6.07, 6.45) is -1.90. The van der Waals surface area contributed by atoms with Crippen LogP contribution in [0.25, 0.3) is 0 Å². The van der Waals surface area contributed by atoms with E-state index in [1.54, 1.807) is 0 Å². The molecule has 1 saturated carbocycles. The van der Waals surface area contributed by atoms with Crippen LogP contribution < -0.4 is 11.1 Å². The Labute approximate surface area is 75.7 Å². The minimum absolute atomic E-state index is 0.0253.